The van der Waals surface area contributed by atoms with Crippen molar-refractivity contribution in [3.63, 3.8) is 0 Å². The summed E-state index contributed by atoms with van der Waals surface area (Å²) in [6.45, 7) is 6.94. The Morgan fingerprint density at radius 3 is 2.23 bits per heavy atom. The van der Waals surface area contributed by atoms with Crippen molar-refractivity contribution in [3.8, 4) is 11.5 Å². The van der Waals surface area contributed by atoms with Gasteiger partial charge in [-0.15, -0.1) is 0 Å². The van der Waals surface area contributed by atoms with Gasteiger partial charge in [-0.2, -0.15) is 18.3 Å². The number of benzene rings is 1. The van der Waals surface area contributed by atoms with Gasteiger partial charge < -0.3 is 19.7 Å². The molecule has 1 aliphatic heterocycles. The van der Waals surface area contributed by atoms with Crippen LogP contribution in [0.2, 0.25) is 0 Å². The summed E-state index contributed by atoms with van der Waals surface area (Å²) in [6.07, 6.45) is -4.16. The van der Waals surface area contributed by atoms with Crippen LogP contribution in [0.1, 0.15) is 38.6 Å². The molecular formula is C21H27F3N4O3. The quantitative estimate of drug-likeness (QED) is 0.750. The molecule has 0 fully saturated rings. The minimum absolute atomic E-state index is 0.168. The van der Waals surface area contributed by atoms with Gasteiger partial charge in [0, 0.05) is 30.8 Å². The standard InChI is InChI=1S/C21H27F3N4O3/c1-20(2,3)11-18(29)25-19-15(30-4)8-13(9-16(19)31-5)27-6-7-28-14(12-27)10-17(26-28)21(22,23)24/h8-10H,6-7,11-12H2,1-5H3,(H,25,29). The van der Waals surface area contributed by atoms with Gasteiger partial charge in [0.1, 0.15) is 17.2 Å². The second-order valence-corrected chi connectivity index (χ2v) is 8.67. The molecule has 1 N–H and O–H groups in total. The zero-order valence-corrected chi connectivity index (χ0v) is 18.3. The van der Waals surface area contributed by atoms with Gasteiger partial charge in [0.25, 0.3) is 0 Å². The van der Waals surface area contributed by atoms with Crippen LogP contribution < -0.4 is 19.7 Å². The number of nitrogens with zero attached hydrogens (tertiary/aromatic N) is 3. The summed E-state index contributed by atoms with van der Waals surface area (Å²) in [5, 5.41) is 6.52. The van der Waals surface area contributed by atoms with Gasteiger partial charge in [0.15, 0.2) is 5.69 Å². The van der Waals surface area contributed by atoms with Gasteiger partial charge in [0.2, 0.25) is 5.91 Å². The number of rotatable bonds is 5. The number of carbonyl (C=O) groups is 1. The summed E-state index contributed by atoms with van der Waals surface area (Å²) >= 11 is 0. The fourth-order valence-electron chi connectivity index (χ4n) is 3.49. The highest BCUT2D eigenvalue weighted by Crippen LogP contribution is 2.40. The maximum Gasteiger partial charge on any atom is 0.435 e. The largest absolute Gasteiger partial charge is 0.494 e. The number of hydrogen-bond donors (Lipinski definition) is 1. The Bertz CT molecular complexity index is 939. The van der Waals surface area contributed by atoms with E-state index in [9.17, 15) is 18.0 Å². The number of methoxy groups -OCH3 is 2. The van der Waals surface area contributed by atoms with Crippen LogP contribution in [0.3, 0.4) is 0 Å². The van der Waals surface area contributed by atoms with Crippen LogP contribution in [0, 0.1) is 5.41 Å². The molecule has 170 valence electrons. The maximum atomic E-state index is 13.0. The second kappa shape index (κ2) is 8.32. The molecule has 2 aromatic rings. The number of ether oxygens (including phenoxy) is 2. The van der Waals surface area contributed by atoms with Crippen LogP contribution in [0.15, 0.2) is 18.2 Å². The van der Waals surface area contributed by atoms with Gasteiger partial charge in [0.05, 0.1) is 33.0 Å². The van der Waals surface area contributed by atoms with E-state index in [2.05, 4.69) is 10.4 Å². The van der Waals surface area contributed by atoms with Crippen molar-refractivity contribution >= 4 is 17.3 Å². The number of alkyl halides is 3. The van der Waals surface area contributed by atoms with Crippen molar-refractivity contribution in [1.29, 1.82) is 0 Å². The molecule has 1 amide bonds. The van der Waals surface area contributed by atoms with E-state index in [4.69, 9.17) is 9.47 Å². The van der Waals surface area contributed by atoms with E-state index >= 15 is 0 Å². The topological polar surface area (TPSA) is 68.6 Å². The minimum atomic E-state index is -4.48. The van der Waals surface area contributed by atoms with Crippen molar-refractivity contribution in [3.05, 3.63) is 29.6 Å². The lowest BCUT2D eigenvalue weighted by atomic mass is 9.92. The predicted molar refractivity (Wildman–Crippen MR) is 111 cm³/mol. The minimum Gasteiger partial charge on any atom is -0.494 e. The Balaban J connectivity index is 1.87. The van der Waals surface area contributed by atoms with Crippen LogP contribution in [0.5, 0.6) is 11.5 Å². The Kier molecular flexibility index (Phi) is 6.11. The van der Waals surface area contributed by atoms with Gasteiger partial charge in [-0.3, -0.25) is 9.48 Å². The fraction of sp³-hybridized carbons (Fsp3) is 0.524. The van der Waals surface area contributed by atoms with E-state index in [0.29, 0.717) is 48.1 Å². The summed E-state index contributed by atoms with van der Waals surface area (Å²) < 4.78 is 51.3. The first-order valence-electron chi connectivity index (χ1n) is 9.86. The molecule has 0 unspecified atom stereocenters. The van der Waals surface area contributed by atoms with Crippen molar-refractivity contribution in [2.45, 2.75) is 46.5 Å². The summed E-state index contributed by atoms with van der Waals surface area (Å²) in [6, 6.07) is 4.56. The fourth-order valence-corrected chi connectivity index (χ4v) is 3.49. The number of amides is 1. The van der Waals surface area contributed by atoms with Crippen LogP contribution >= 0.6 is 0 Å². The Morgan fingerprint density at radius 1 is 1.10 bits per heavy atom. The van der Waals surface area contributed by atoms with E-state index in [1.165, 1.54) is 18.9 Å². The van der Waals surface area contributed by atoms with Gasteiger partial charge >= 0.3 is 6.18 Å². The lowest BCUT2D eigenvalue weighted by molar-refractivity contribution is -0.141. The Morgan fingerprint density at radius 2 is 1.71 bits per heavy atom. The number of fused-ring (bicyclic) bond motifs is 1. The number of carbonyl (C=O) groups excluding carboxylic acids is 1. The third kappa shape index (κ3) is 5.23. The molecule has 1 aromatic heterocycles. The number of aromatic nitrogens is 2. The first-order chi connectivity index (χ1) is 14.4. The first-order valence-corrected chi connectivity index (χ1v) is 9.86. The number of anilines is 2. The second-order valence-electron chi connectivity index (χ2n) is 8.67. The smallest absolute Gasteiger partial charge is 0.435 e. The van der Waals surface area contributed by atoms with E-state index in [1.54, 1.807) is 12.1 Å². The van der Waals surface area contributed by atoms with Crippen LogP contribution in [-0.2, 0) is 24.1 Å². The highest BCUT2D eigenvalue weighted by Gasteiger charge is 2.36. The van der Waals surface area contributed by atoms with Crippen molar-refractivity contribution in [1.82, 2.24) is 9.78 Å². The average molecular weight is 440 g/mol. The van der Waals surface area contributed by atoms with E-state index in [-0.39, 0.29) is 17.9 Å². The van der Waals surface area contributed by atoms with Gasteiger partial charge in [-0.1, -0.05) is 20.8 Å². The monoisotopic (exact) mass is 440 g/mol. The molecule has 0 aliphatic carbocycles. The van der Waals surface area contributed by atoms with Crippen molar-refractivity contribution < 1.29 is 27.4 Å². The van der Waals surface area contributed by atoms with Gasteiger partial charge in [-0.25, -0.2) is 0 Å². The van der Waals surface area contributed by atoms with Crippen molar-refractivity contribution in [2.24, 2.45) is 5.41 Å². The number of hydrogen-bond acceptors (Lipinski definition) is 5. The molecule has 0 radical (unpaired) electrons. The molecule has 0 bridgehead atoms. The van der Waals surface area contributed by atoms with E-state index in [1.807, 2.05) is 25.7 Å². The lowest BCUT2D eigenvalue weighted by Gasteiger charge is -2.30. The molecule has 0 saturated heterocycles. The highest BCUT2D eigenvalue weighted by atomic mass is 19.4. The van der Waals surface area contributed by atoms with Crippen molar-refractivity contribution in [2.75, 3.05) is 31.0 Å². The Hall–Kier alpha value is -2.91. The molecule has 7 nitrogen and oxygen atoms in total. The molecule has 10 heteroatoms. The first kappa shape index (κ1) is 22.8. The van der Waals surface area contributed by atoms with E-state index < -0.39 is 11.9 Å². The van der Waals surface area contributed by atoms with Gasteiger partial charge in [-0.05, 0) is 11.5 Å². The molecule has 2 heterocycles. The summed E-state index contributed by atoms with van der Waals surface area (Å²) in [5.41, 5.74) is 0.527. The number of nitrogens with one attached hydrogen (secondary N) is 1. The highest BCUT2D eigenvalue weighted by molar-refractivity contribution is 5.95. The molecule has 0 saturated carbocycles. The summed E-state index contributed by atoms with van der Waals surface area (Å²) in [5.74, 6) is 0.650. The molecule has 31 heavy (non-hydrogen) atoms. The Labute approximate surface area is 179 Å². The third-order valence-corrected chi connectivity index (χ3v) is 4.90. The van der Waals surface area contributed by atoms with Crippen LogP contribution in [0.4, 0.5) is 24.5 Å². The third-order valence-electron chi connectivity index (χ3n) is 4.90. The summed E-state index contributed by atoms with van der Waals surface area (Å²) in [7, 11) is 2.97. The lowest BCUT2D eigenvalue weighted by Crippen LogP contribution is -2.33. The average Bonchev–Trinajstić information content (AvgIpc) is 3.10. The normalized spacial score (nSPS) is 14.3. The molecule has 0 atom stereocenters. The zero-order chi connectivity index (χ0) is 23.0. The SMILES string of the molecule is COc1cc(N2CCn3nc(C(F)(F)F)cc3C2)cc(OC)c1NC(=O)CC(C)(C)C. The van der Waals surface area contributed by atoms with Crippen LogP contribution in [-0.4, -0.2) is 36.5 Å². The predicted octanol–water partition coefficient (Wildman–Crippen LogP) is 4.31. The molecule has 1 aliphatic rings. The van der Waals surface area contributed by atoms with Crippen LogP contribution in [0.25, 0.3) is 0 Å². The maximum absolute atomic E-state index is 13.0. The molecule has 1 aromatic carbocycles. The molecule has 3 rings (SSSR count). The molecule has 0 spiro atoms. The van der Waals surface area contributed by atoms with E-state index in [0.717, 1.165) is 6.07 Å². The zero-order valence-electron chi connectivity index (χ0n) is 18.3. The molecular weight excluding hydrogens is 413 g/mol. The number of halogens is 3. The summed E-state index contributed by atoms with van der Waals surface area (Å²) in [4.78, 5) is 14.4.